The number of hydrogen-bond donors (Lipinski definition) is 4. The number of carboxylic acid groups (broad SMARTS) is 1. The van der Waals surface area contributed by atoms with Gasteiger partial charge in [-0.3, -0.25) is 14.9 Å². The molecule has 0 aliphatic heterocycles. The summed E-state index contributed by atoms with van der Waals surface area (Å²) in [6.45, 7) is 0. The molecule has 104 valence electrons. The maximum absolute atomic E-state index is 13.3. The highest BCUT2D eigenvalue weighted by Crippen LogP contribution is 2.30. The Morgan fingerprint density at radius 2 is 2.05 bits per heavy atom. The highest BCUT2D eigenvalue weighted by molar-refractivity contribution is 5.67. The number of nitrogens with two attached hydrogens (primary N) is 1. The molecule has 1 rings (SSSR count). The summed E-state index contributed by atoms with van der Waals surface area (Å²) >= 11 is 0. The van der Waals surface area contributed by atoms with Crippen molar-refractivity contribution in [1.82, 2.24) is 0 Å². The van der Waals surface area contributed by atoms with Crippen molar-refractivity contribution < 1.29 is 29.4 Å². The van der Waals surface area contributed by atoms with E-state index in [1.54, 1.807) is 0 Å². The quantitative estimate of drug-likeness (QED) is 0.340. The molecule has 5 N–H and O–H groups in total. The molecule has 0 aliphatic carbocycles. The van der Waals surface area contributed by atoms with Gasteiger partial charge in [0, 0.05) is 6.07 Å². The molecule has 0 radical (unpaired) electrons. The van der Waals surface area contributed by atoms with Crippen LogP contribution < -0.4 is 5.73 Å². The maximum atomic E-state index is 13.3. The van der Waals surface area contributed by atoms with Crippen LogP contribution in [-0.4, -0.2) is 32.3 Å². The van der Waals surface area contributed by atoms with Crippen molar-refractivity contribution in [3.63, 3.8) is 0 Å². The Morgan fingerprint density at radius 1 is 1.47 bits per heavy atom. The van der Waals surface area contributed by atoms with Gasteiger partial charge in [-0.05, 0) is 11.6 Å². The van der Waals surface area contributed by atoms with Crippen LogP contribution in [0.4, 0.5) is 15.8 Å². The normalized spacial score (nSPS) is 13.8. The Balaban J connectivity index is 3.14. The molecule has 1 aromatic carbocycles. The second kappa shape index (κ2) is 5.59. The van der Waals surface area contributed by atoms with Gasteiger partial charge in [-0.2, -0.15) is 0 Å². The number of carboxylic acids is 1. The van der Waals surface area contributed by atoms with Gasteiger partial charge in [0.15, 0.2) is 5.82 Å². The highest BCUT2D eigenvalue weighted by atomic mass is 19.1. The largest absolute Gasteiger partial charge is 0.481 e. The second-order valence-corrected chi connectivity index (χ2v) is 3.80. The van der Waals surface area contributed by atoms with Crippen LogP contribution in [0.5, 0.6) is 0 Å². The molecule has 0 fully saturated rings. The second-order valence-electron chi connectivity index (χ2n) is 3.80. The molecule has 19 heavy (non-hydrogen) atoms. The number of aliphatic carboxylic acids is 1. The molecule has 1 aromatic rings. The molecule has 9 heteroatoms. The molecule has 0 saturated heterocycles. The summed E-state index contributed by atoms with van der Waals surface area (Å²) in [6, 6.07) is 1.49. The molecular weight excluding hydrogens is 263 g/mol. The van der Waals surface area contributed by atoms with Gasteiger partial charge in [-0.15, -0.1) is 0 Å². The van der Waals surface area contributed by atoms with Crippen molar-refractivity contribution in [2.24, 2.45) is 0 Å². The van der Waals surface area contributed by atoms with Gasteiger partial charge < -0.3 is 21.1 Å². The number of aliphatic hydroxyl groups is 2. The van der Waals surface area contributed by atoms with Crippen LogP contribution >= 0.6 is 0 Å². The Labute approximate surface area is 106 Å². The average Bonchev–Trinajstić information content (AvgIpc) is 2.30. The van der Waals surface area contributed by atoms with E-state index in [1.807, 2.05) is 0 Å². The van der Waals surface area contributed by atoms with Gasteiger partial charge in [0.05, 0.1) is 17.4 Å². The van der Waals surface area contributed by atoms with E-state index >= 15 is 0 Å². The Morgan fingerprint density at radius 3 is 2.53 bits per heavy atom. The van der Waals surface area contributed by atoms with Crippen LogP contribution in [0, 0.1) is 15.9 Å². The number of nitro benzene ring substituents is 1. The molecule has 0 heterocycles. The molecule has 2 atom stereocenters. The van der Waals surface area contributed by atoms with E-state index in [-0.39, 0.29) is 5.56 Å². The number of benzene rings is 1. The van der Waals surface area contributed by atoms with Gasteiger partial charge in [-0.1, -0.05) is 0 Å². The zero-order valence-electron chi connectivity index (χ0n) is 9.49. The number of anilines is 1. The lowest BCUT2D eigenvalue weighted by molar-refractivity contribution is -0.384. The van der Waals surface area contributed by atoms with Crippen molar-refractivity contribution in [2.75, 3.05) is 5.73 Å². The zero-order valence-corrected chi connectivity index (χ0v) is 9.49. The number of nitrogens with zero attached hydrogens (tertiary/aromatic N) is 1. The topological polar surface area (TPSA) is 147 Å². The summed E-state index contributed by atoms with van der Waals surface area (Å²) in [7, 11) is 0. The number of nitrogen functional groups attached to an aromatic ring is 1. The maximum Gasteiger partial charge on any atom is 0.306 e. The fourth-order valence-electron chi connectivity index (χ4n) is 1.46. The van der Waals surface area contributed by atoms with E-state index in [1.165, 1.54) is 0 Å². The van der Waals surface area contributed by atoms with E-state index in [0.717, 1.165) is 6.07 Å². The van der Waals surface area contributed by atoms with E-state index < -0.39 is 46.7 Å². The van der Waals surface area contributed by atoms with Gasteiger partial charge in [0.2, 0.25) is 0 Å². The van der Waals surface area contributed by atoms with Crippen LogP contribution in [0.15, 0.2) is 12.1 Å². The first-order chi connectivity index (χ1) is 8.73. The minimum absolute atomic E-state index is 0.327. The summed E-state index contributed by atoms with van der Waals surface area (Å²) in [5.74, 6) is -2.51. The van der Waals surface area contributed by atoms with Crippen LogP contribution in [-0.2, 0) is 4.79 Å². The number of halogens is 1. The molecular formula is C10H11FN2O6. The Kier molecular flexibility index (Phi) is 4.35. The lowest BCUT2D eigenvalue weighted by Gasteiger charge is -2.16. The number of aliphatic hydroxyl groups excluding tert-OH is 2. The zero-order chi connectivity index (χ0) is 14.7. The summed E-state index contributed by atoms with van der Waals surface area (Å²) in [5.41, 5.74) is 3.36. The van der Waals surface area contributed by atoms with Gasteiger partial charge in [-0.25, -0.2) is 4.39 Å². The molecule has 0 saturated carbocycles. The summed E-state index contributed by atoms with van der Waals surface area (Å²) in [5, 5.41) is 38.1. The lowest BCUT2D eigenvalue weighted by Crippen LogP contribution is -2.22. The molecule has 2 unspecified atom stereocenters. The Hall–Kier alpha value is -2.26. The summed E-state index contributed by atoms with van der Waals surface area (Å²) < 4.78 is 13.3. The van der Waals surface area contributed by atoms with Crippen LogP contribution in [0.2, 0.25) is 0 Å². The molecule has 0 spiro atoms. The minimum Gasteiger partial charge on any atom is -0.481 e. The summed E-state index contributed by atoms with van der Waals surface area (Å²) in [6.07, 6.45) is -4.29. The lowest BCUT2D eigenvalue weighted by atomic mass is 10.0. The van der Waals surface area contributed by atoms with Gasteiger partial charge in [0.25, 0.3) is 5.69 Å². The van der Waals surface area contributed by atoms with Crippen LogP contribution in [0.3, 0.4) is 0 Å². The fourth-order valence-corrected chi connectivity index (χ4v) is 1.46. The fraction of sp³-hybridized carbons (Fsp3) is 0.300. The minimum atomic E-state index is -1.77. The number of hydrogen-bond acceptors (Lipinski definition) is 6. The third kappa shape index (κ3) is 3.36. The van der Waals surface area contributed by atoms with E-state index in [0.29, 0.717) is 6.07 Å². The standard InChI is InChI=1S/C10H11FN2O6/c11-5-1-4(2-6(9(5)12)13(18)19)10(17)7(14)3-8(15)16/h1-2,7,10,14,17H,3,12H2,(H,15,16). The average molecular weight is 274 g/mol. The predicted octanol–water partition coefficient (Wildman–Crippen LogP) is 0.185. The van der Waals surface area contributed by atoms with Gasteiger partial charge in [0.1, 0.15) is 11.8 Å². The Bertz CT molecular complexity index is 521. The molecule has 0 amide bonds. The molecule has 0 aromatic heterocycles. The smallest absolute Gasteiger partial charge is 0.306 e. The van der Waals surface area contributed by atoms with Crippen molar-refractivity contribution in [2.45, 2.75) is 18.6 Å². The number of nitro groups is 1. The van der Waals surface area contributed by atoms with Crippen LogP contribution in [0.1, 0.15) is 18.1 Å². The SMILES string of the molecule is Nc1c(F)cc(C(O)C(O)CC(=O)O)cc1[N+](=O)[O-]. The van der Waals surface area contributed by atoms with E-state index in [9.17, 15) is 29.5 Å². The van der Waals surface area contributed by atoms with Crippen molar-refractivity contribution in [1.29, 1.82) is 0 Å². The van der Waals surface area contributed by atoms with Crippen molar-refractivity contribution >= 4 is 17.3 Å². The number of carbonyl (C=O) groups is 1. The monoisotopic (exact) mass is 274 g/mol. The van der Waals surface area contributed by atoms with Gasteiger partial charge >= 0.3 is 5.97 Å². The van der Waals surface area contributed by atoms with E-state index in [4.69, 9.17) is 10.8 Å². The van der Waals surface area contributed by atoms with E-state index in [2.05, 4.69) is 0 Å². The highest BCUT2D eigenvalue weighted by Gasteiger charge is 2.26. The third-order valence-electron chi connectivity index (χ3n) is 2.42. The van der Waals surface area contributed by atoms with Crippen LogP contribution in [0.25, 0.3) is 0 Å². The third-order valence-corrected chi connectivity index (χ3v) is 2.42. The van der Waals surface area contributed by atoms with Crippen molar-refractivity contribution in [3.8, 4) is 0 Å². The predicted molar refractivity (Wildman–Crippen MR) is 60.7 cm³/mol. The molecule has 0 bridgehead atoms. The summed E-state index contributed by atoms with van der Waals surface area (Å²) in [4.78, 5) is 20.0. The first-order valence-electron chi connectivity index (χ1n) is 5.05. The first kappa shape index (κ1) is 14.8. The molecule has 8 nitrogen and oxygen atoms in total. The number of rotatable bonds is 5. The first-order valence-corrected chi connectivity index (χ1v) is 5.05. The van der Waals surface area contributed by atoms with Crippen molar-refractivity contribution in [3.05, 3.63) is 33.6 Å². The molecule has 0 aliphatic rings.